The van der Waals surface area contributed by atoms with Crippen molar-refractivity contribution in [1.29, 1.82) is 0 Å². The zero-order valence-electron chi connectivity index (χ0n) is 13.5. The van der Waals surface area contributed by atoms with E-state index in [4.69, 9.17) is 5.11 Å². The summed E-state index contributed by atoms with van der Waals surface area (Å²) in [5.74, 6) is -0.0504. The van der Waals surface area contributed by atoms with Crippen LogP contribution in [0.5, 0.6) is 0 Å². The van der Waals surface area contributed by atoms with Gasteiger partial charge in [-0.2, -0.15) is 0 Å². The Labute approximate surface area is 137 Å². The van der Waals surface area contributed by atoms with Crippen molar-refractivity contribution in [3.8, 4) is 0 Å². The zero-order valence-corrected chi connectivity index (χ0v) is 13.5. The highest BCUT2D eigenvalue weighted by Gasteiger charge is 2.28. The summed E-state index contributed by atoms with van der Waals surface area (Å²) in [5, 5.41) is 8.89. The summed E-state index contributed by atoms with van der Waals surface area (Å²) in [5.41, 5.74) is 2.07. The monoisotopic (exact) mass is 315 g/mol. The van der Waals surface area contributed by atoms with E-state index in [0.717, 1.165) is 31.4 Å². The molecule has 1 aliphatic heterocycles. The highest BCUT2D eigenvalue weighted by Crippen LogP contribution is 2.36. The first-order valence-corrected chi connectivity index (χ1v) is 8.78. The Kier molecular flexibility index (Phi) is 4.99. The first-order chi connectivity index (χ1) is 11.1. The summed E-state index contributed by atoms with van der Waals surface area (Å²) in [6.45, 7) is 0.744. The molecule has 1 saturated carbocycles. The van der Waals surface area contributed by atoms with Gasteiger partial charge in [-0.3, -0.25) is 9.59 Å². The highest BCUT2D eigenvalue weighted by molar-refractivity contribution is 5.94. The average Bonchev–Trinajstić information content (AvgIpc) is 2.51. The number of aliphatic carboxylic acids is 1. The van der Waals surface area contributed by atoms with Gasteiger partial charge in [0.25, 0.3) is 5.91 Å². The van der Waals surface area contributed by atoms with E-state index < -0.39 is 5.97 Å². The molecule has 0 bridgehead atoms. The summed E-state index contributed by atoms with van der Waals surface area (Å²) in [6.07, 6.45) is 7.53. The molecule has 2 aliphatic rings. The number of piperidine rings is 1. The molecule has 1 aromatic carbocycles. The fourth-order valence-corrected chi connectivity index (χ4v) is 3.66. The van der Waals surface area contributed by atoms with Crippen LogP contribution in [0.15, 0.2) is 24.3 Å². The average molecular weight is 315 g/mol. The van der Waals surface area contributed by atoms with Gasteiger partial charge in [-0.05, 0) is 62.1 Å². The van der Waals surface area contributed by atoms with Crippen LogP contribution >= 0.6 is 0 Å². The smallest absolute Gasteiger partial charge is 0.303 e. The van der Waals surface area contributed by atoms with Gasteiger partial charge in [0.2, 0.25) is 0 Å². The van der Waals surface area contributed by atoms with Crippen LogP contribution in [0.4, 0.5) is 0 Å². The van der Waals surface area contributed by atoms with Crippen LogP contribution in [0.25, 0.3) is 0 Å². The Hall–Kier alpha value is -1.84. The van der Waals surface area contributed by atoms with E-state index in [1.54, 1.807) is 0 Å². The number of rotatable bonds is 5. The maximum atomic E-state index is 12.8. The van der Waals surface area contributed by atoms with Crippen LogP contribution in [0, 0.1) is 0 Å². The molecule has 23 heavy (non-hydrogen) atoms. The second-order valence-electron chi connectivity index (χ2n) is 6.83. The SMILES string of the molecule is O=C(O)CCC1CCCCN1C(=O)c1ccc(C2CCC2)cc1. The number of carbonyl (C=O) groups is 2. The van der Waals surface area contributed by atoms with Gasteiger partial charge in [0.1, 0.15) is 0 Å². The van der Waals surface area contributed by atoms with Gasteiger partial charge in [-0.25, -0.2) is 0 Å². The number of carbonyl (C=O) groups excluding carboxylic acids is 1. The molecule has 1 atom stereocenters. The molecule has 2 fully saturated rings. The Bertz CT molecular complexity index is 562. The number of likely N-dealkylation sites (tertiary alicyclic amines) is 1. The van der Waals surface area contributed by atoms with E-state index in [0.29, 0.717) is 12.3 Å². The molecule has 1 amide bonds. The van der Waals surface area contributed by atoms with Gasteiger partial charge in [0.15, 0.2) is 0 Å². The van der Waals surface area contributed by atoms with Crippen molar-refractivity contribution in [2.24, 2.45) is 0 Å². The Morgan fingerprint density at radius 1 is 1.04 bits per heavy atom. The molecular weight excluding hydrogens is 290 g/mol. The van der Waals surface area contributed by atoms with E-state index in [1.807, 2.05) is 17.0 Å². The maximum absolute atomic E-state index is 12.8. The molecule has 0 spiro atoms. The van der Waals surface area contributed by atoms with Crippen LogP contribution in [0.2, 0.25) is 0 Å². The second-order valence-corrected chi connectivity index (χ2v) is 6.83. The predicted octanol–water partition coefficient (Wildman–Crippen LogP) is 3.81. The zero-order chi connectivity index (χ0) is 16.2. The number of carboxylic acid groups (broad SMARTS) is 1. The molecule has 1 aliphatic carbocycles. The van der Waals surface area contributed by atoms with Crippen molar-refractivity contribution in [3.05, 3.63) is 35.4 Å². The van der Waals surface area contributed by atoms with Gasteiger partial charge in [0.05, 0.1) is 0 Å². The molecule has 0 radical (unpaired) electrons. The Balaban J connectivity index is 1.67. The molecule has 1 heterocycles. The largest absolute Gasteiger partial charge is 0.481 e. The first-order valence-electron chi connectivity index (χ1n) is 8.78. The highest BCUT2D eigenvalue weighted by atomic mass is 16.4. The van der Waals surface area contributed by atoms with Gasteiger partial charge in [-0.1, -0.05) is 18.6 Å². The normalized spacial score (nSPS) is 21.7. The fraction of sp³-hybridized carbons (Fsp3) is 0.579. The minimum absolute atomic E-state index is 0.0558. The predicted molar refractivity (Wildman–Crippen MR) is 88.6 cm³/mol. The van der Waals surface area contributed by atoms with Crippen molar-refractivity contribution in [3.63, 3.8) is 0 Å². The lowest BCUT2D eigenvalue weighted by molar-refractivity contribution is -0.137. The maximum Gasteiger partial charge on any atom is 0.303 e. The Morgan fingerprint density at radius 2 is 1.78 bits per heavy atom. The lowest BCUT2D eigenvalue weighted by Crippen LogP contribution is -2.44. The molecule has 3 rings (SSSR count). The molecule has 1 N–H and O–H groups in total. The topological polar surface area (TPSA) is 57.6 Å². The summed E-state index contributed by atoms with van der Waals surface area (Å²) < 4.78 is 0. The molecule has 1 saturated heterocycles. The minimum atomic E-state index is -0.784. The summed E-state index contributed by atoms with van der Waals surface area (Å²) in [6, 6.07) is 8.14. The van der Waals surface area contributed by atoms with Gasteiger partial charge >= 0.3 is 5.97 Å². The number of carboxylic acids is 1. The van der Waals surface area contributed by atoms with E-state index in [1.165, 1.54) is 24.8 Å². The minimum Gasteiger partial charge on any atom is -0.481 e. The van der Waals surface area contributed by atoms with Crippen LogP contribution in [0.1, 0.15) is 73.2 Å². The van der Waals surface area contributed by atoms with E-state index in [-0.39, 0.29) is 18.4 Å². The van der Waals surface area contributed by atoms with Crippen LogP contribution in [-0.2, 0) is 4.79 Å². The second kappa shape index (κ2) is 7.16. The van der Waals surface area contributed by atoms with Crippen LogP contribution < -0.4 is 0 Å². The van der Waals surface area contributed by atoms with Crippen LogP contribution in [0.3, 0.4) is 0 Å². The van der Waals surface area contributed by atoms with Gasteiger partial charge < -0.3 is 10.0 Å². The van der Waals surface area contributed by atoms with Crippen molar-refractivity contribution >= 4 is 11.9 Å². The van der Waals surface area contributed by atoms with E-state index in [9.17, 15) is 9.59 Å². The lowest BCUT2D eigenvalue weighted by atomic mass is 9.80. The van der Waals surface area contributed by atoms with Crippen molar-refractivity contribution in [1.82, 2.24) is 4.90 Å². The number of amides is 1. The third kappa shape index (κ3) is 3.74. The van der Waals surface area contributed by atoms with Crippen LogP contribution in [-0.4, -0.2) is 34.5 Å². The molecule has 124 valence electrons. The molecule has 0 aromatic heterocycles. The summed E-state index contributed by atoms with van der Waals surface area (Å²) in [7, 11) is 0. The summed E-state index contributed by atoms with van der Waals surface area (Å²) >= 11 is 0. The third-order valence-electron chi connectivity index (χ3n) is 5.31. The lowest BCUT2D eigenvalue weighted by Gasteiger charge is -2.36. The number of hydrogen-bond donors (Lipinski definition) is 1. The van der Waals surface area contributed by atoms with Crippen molar-refractivity contribution in [2.45, 2.75) is 63.3 Å². The molecule has 1 unspecified atom stereocenters. The van der Waals surface area contributed by atoms with Gasteiger partial charge in [-0.15, -0.1) is 0 Å². The standard InChI is InChI=1S/C19H25NO3/c21-18(22)12-11-17-6-1-2-13-20(17)19(23)16-9-7-15(8-10-16)14-4-3-5-14/h7-10,14,17H,1-6,11-13H2,(H,21,22). The third-order valence-corrected chi connectivity index (χ3v) is 5.31. The molecule has 1 aromatic rings. The molecular formula is C19H25NO3. The van der Waals surface area contributed by atoms with Crippen molar-refractivity contribution < 1.29 is 14.7 Å². The summed E-state index contributed by atoms with van der Waals surface area (Å²) in [4.78, 5) is 25.5. The van der Waals surface area contributed by atoms with E-state index >= 15 is 0 Å². The molecule has 4 heteroatoms. The van der Waals surface area contributed by atoms with Crippen molar-refractivity contribution in [2.75, 3.05) is 6.54 Å². The number of hydrogen-bond acceptors (Lipinski definition) is 2. The quantitative estimate of drug-likeness (QED) is 0.899. The van der Waals surface area contributed by atoms with E-state index in [2.05, 4.69) is 12.1 Å². The first kappa shape index (κ1) is 16.0. The fourth-order valence-electron chi connectivity index (χ4n) is 3.66. The molecule has 4 nitrogen and oxygen atoms in total. The van der Waals surface area contributed by atoms with Gasteiger partial charge in [0, 0.05) is 24.6 Å². The number of benzene rings is 1. The number of nitrogens with zero attached hydrogens (tertiary/aromatic N) is 1. The Morgan fingerprint density at radius 3 is 2.39 bits per heavy atom.